The second-order valence-corrected chi connectivity index (χ2v) is 5.59. The Labute approximate surface area is 114 Å². The highest BCUT2D eigenvalue weighted by Gasteiger charge is 2.26. The Balaban J connectivity index is 2.01. The van der Waals surface area contributed by atoms with E-state index < -0.39 is 0 Å². The Morgan fingerprint density at radius 3 is 2.61 bits per heavy atom. The van der Waals surface area contributed by atoms with Crippen LogP contribution in [0, 0.1) is 5.82 Å². The van der Waals surface area contributed by atoms with Gasteiger partial charge in [0.2, 0.25) is 0 Å². The molecule has 2 aromatic rings. The molecule has 1 aliphatic heterocycles. The topological polar surface area (TPSA) is 12.0 Å². The van der Waals surface area contributed by atoms with Crippen molar-refractivity contribution in [1.29, 1.82) is 0 Å². The molecular formula is C14H10FNS2. The quantitative estimate of drug-likeness (QED) is 0.774. The van der Waals surface area contributed by atoms with E-state index in [1.54, 1.807) is 23.9 Å². The second-order valence-electron chi connectivity index (χ2n) is 4.00. The average molecular weight is 275 g/mol. The maximum absolute atomic E-state index is 13.8. The van der Waals surface area contributed by atoms with E-state index in [4.69, 9.17) is 12.2 Å². The van der Waals surface area contributed by atoms with Crippen LogP contribution in [0.15, 0.2) is 53.4 Å². The summed E-state index contributed by atoms with van der Waals surface area (Å²) in [6.07, 6.45) is 0. The van der Waals surface area contributed by atoms with E-state index in [0.29, 0.717) is 10.6 Å². The summed E-state index contributed by atoms with van der Waals surface area (Å²) in [7, 11) is 0. The molecule has 1 atom stereocenters. The van der Waals surface area contributed by atoms with Gasteiger partial charge in [0, 0.05) is 10.5 Å². The molecule has 4 heteroatoms. The zero-order valence-corrected chi connectivity index (χ0v) is 11.0. The standard InChI is InChI=1S/C14H10FNS2/c15-10-6-2-1-5-9(10)13-14(17)16-11-7-3-4-8-12(11)18-13/h1-8,13H,(H,16,17). The number of anilines is 1. The number of hydrogen-bond donors (Lipinski definition) is 1. The lowest BCUT2D eigenvalue weighted by molar-refractivity contribution is 0.615. The van der Waals surface area contributed by atoms with Gasteiger partial charge in [-0.2, -0.15) is 0 Å². The van der Waals surface area contributed by atoms with Gasteiger partial charge in [-0.25, -0.2) is 4.39 Å². The molecule has 0 amide bonds. The molecule has 3 rings (SSSR count). The Kier molecular flexibility index (Phi) is 3.06. The highest BCUT2D eigenvalue weighted by molar-refractivity contribution is 8.01. The number of hydrogen-bond acceptors (Lipinski definition) is 2. The van der Waals surface area contributed by atoms with Crippen molar-refractivity contribution in [3.8, 4) is 0 Å². The van der Waals surface area contributed by atoms with Gasteiger partial charge in [-0.1, -0.05) is 42.5 Å². The number of benzene rings is 2. The summed E-state index contributed by atoms with van der Waals surface area (Å²) in [5, 5.41) is 3.02. The summed E-state index contributed by atoms with van der Waals surface area (Å²) in [6.45, 7) is 0. The Morgan fingerprint density at radius 2 is 1.78 bits per heavy atom. The first-order valence-electron chi connectivity index (χ1n) is 5.56. The maximum Gasteiger partial charge on any atom is 0.127 e. The predicted octanol–water partition coefficient (Wildman–Crippen LogP) is 4.41. The van der Waals surface area contributed by atoms with Gasteiger partial charge in [-0.15, -0.1) is 11.8 Å². The van der Waals surface area contributed by atoms with E-state index in [1.807, 2.05) is 30.3 Å². The Bertz CT molecular complexity index is 612. The van der Waals surface area contributed by atoms with E-state index in [0.717, 1.165) is 10.6 Å². The molecule has 0 bridgehead atoms. The molecule has 1 aliphatic rings. The number of rotatable bonds is 1. The summed E-state index contributed by atoms with van der Waals surface area (Å²) in [5.74, 6) is -0.210. The molecule has 0 saturated carbocycles. The van der Waals surface area contributed by atoms with Crippen LogP contribution in [0.1, 0.15) is 10.8 Å². The smallest absolute Gasteiger partial charge is 0.127 e. The number of thioether (sulfide) groups is 1. The summed E-state index contributed by atoms with van der Waals surface area (Å²) >= 11 is 6.93. The van der Waals surface area contributed by atoms with Crippen LogP contribution in [0.25, 0.3) is 0 Å². The maximum atomic E-state index is 13.8. The fourth-order valence-electron chi connectivity index (χ4n) is 1.94. The van der Waals surface area contributed by atoms with Gasteiger partial charge in [0.1, 0.15) is 5.82 Å². The van der Waals surface area contributed by atoms with Crippen LogP contribution in [-0.2, 0) is 0 Å². The SMILES string of the molecule is Fc1ccccc1C1Sc2ccccc2NC1=S. The van der Waals surface area contributed by atoms with Gasteiger partial charge in [-0.05, 0) is 18.2 Å². The van der Waals surface area contributed by atoms with Crippen molar-refractivity contribution in [2.75, 3.05) is 5.32 Å². The Hall–Kier alpha value is -1.39. The number of nitrogens with one attached hydrogen (secondary N) is 1. The highest BCUT2D eigenvalue weighted by Crippen LogP contribution is 2.44. The molecule has 0 saturated heterocycles. The second kappa shape index (κ2) is 4.71. The summed E-state index contributed by atoms with van der Waals surface area (Å²) < 4.78 is 13.8. The number of fused-ring (bicyclic) bond motifs is 1. The van der Waals surface area contributed by atoms with Crippen LogP contribution < -0.4 is 5.32 Å². The van der Waals surface area contributed by atoms with Crippen LogP contribution in [0.2, 0.25) is 0 Å². The van der Waals surface area contributed by atoms with Gasteiger partial charge < -0.3 is 5.32 Å². The number of halogens is 1. The van der Waals surface area contributed by atoms with Gasteiger partial charge in [0.15, 0.2) is 0 Å². The largest absolute Gasteiger partial charge is 0.348 e. The van der Waals surface area contributed by atoms with E-state index >= 15 is 0 Å². The van der Waals surface area contributed by atoms with Gasteiger partial charge in [0.25, 0.3) is 0 Å². The lowest BCUT2D eigenvalue weighted by Gasteiger charge is -2.26. The molecule has 90 valence electrons. The zero-order chi connectivity index (χ0) is 12.5. The van der Waals surface area contributed by atoms with Crippen molar-refractivity contribution in [2.24, 2.45) is 0 Å². The molecule has 18 heavy (non-hydrogen) atoms. The minimum atomic E-state index is -0.210. The zero-order valence-electron chi connectivity index (χ0n) is 9.39. The predicted molar refractivity (Wildman–Crippen MR) is 77.7 cm³/mol. The molecule has 1 N–H and O–H groups in total. The van der Waals surface area contributed by atoms with Crippen molar-refractivity contribution < 1.29 is 4.39 Å². The molecule has 0 aromatic heterocycles. The van der Waals surface area contributed by atoms with Crippen LogP contribution in [0.3, 0.4) is 0 Å². The molecule has 0 aliphatic carbocycles. The minimum Gasteiger partial charge on any atom is -0.348 e. The monoisotopic (exact) mass is 275 g/mol. The van der Waals surface area contributed by atoms with Crippen molar-refractivity contribution in [3.63, 3.8) is 0 Å². The van der Waals surface area contributed by atoms with E-state index in [2.05, 4.69) is 5.32 Å². The third kappa shape index (κ3) is 2.02. The molecule has 0 spiro atoms. The van der Waals surface area contributed by atoms with E-state index in [-0.39, 0.29) is 11.1 Å². The fourth-order valence-corrected chi connectivity index (χ4v) is 3.47. The molecule has 0 radical (unpaired) electrons. The molecule has 0 fully saturated rings. The van der Waals surface area contributed by atoms with Crippen molar-refractivity contribution >= 4 is 34.7 Å². The highest BCUT2D eigenvalue weighted by atomic mass is 32.2. The van der Waals surface area contributed by atoms with Crippen LogP contribution in [0.4, 0.5) is 10.1 Å². The van der Waals surface area contributed by atoms with Crippen molar-refractivity contribution in [1.82, 2.24) is 0 Å². The normalized spacial score (nSPS) is 18.1. The summed E-state index contributed by atoms with van der Waals surface area (Å²) in [4.78, 5) is 1.75. The third-order valence-electron chi connectivity index (χ3n) is 2.82. The summed E-state index contributed by atoms with van der Waals surface area (Å²) in [5.41, 5.74) is 1.63. The van der Waals surface area contributed by atoms with E-state index in [1.165, 1.54) is 6.07 Å². The molecular weight excluding hydrogens is 265 g/mol. The molecule has 2 aromatic carbocycles. The van der Waals surface area contributed by atoms with Crippen LogP contribution in [-0.4, -0.2) is 4.99 Å². The van der Waals surface area contributed by atoms with Gasteiger partial charge in [-0.3, -0.25) is 0 Å². The van der Waals surface area contributed by atoms with E-state index in [9.17, 15) is 4.39 Å². The third-order valence-corrected chi connectivity index (χ3v) is 4.64. The first-order valence-corrected chi connectivity index (χ1v) is 6.85. The van der Waals surface area contributed by atoms with Crippen molar-refractivity contribution in [2.45, 2.75) is 10.1 Å². The minimum absolute atomic E-state index is 0.156. The molecule has 1 unspecified atom stereocenters. The average Bonchev–Trinajstić information content (AvgIpc) is 2.39. The summed E-state index contributed by atoms with van der Waals surface area (Å²) in [6, 6.07) is 14.7. The fraction of sp³-hybridized carbons (Fsp3) is 0.0714. The molecule has 1 heterocycles. The lowest BCUT2D eigenvalue weighted by atomic mass is 10.1. The first-order chi connectivity index (χ1) is 8.75. The lowest BCUT2D eigenvalue weighted by Crippen LogP contribution is -2.21. The first kappa shape index (κ1) is 11.7. The van der Waals surface area contributed by atoms with Crippen molar-refractivity contribution in [3.05, 3.63) is 59.9 Å². The van der Waals surface area contributed by atoms with Gasteiger partial charge >= 0.3 is 0 Å². The van der Waals surface area contributed by atoms with Gasteiger partial charge in [0.05, 0.1) is 15.9 Å². The number of thiocarbonyl (C=S) groups is 1. The number of para-hydroxylation sites is 1. The van der Waals surface area contributed by atoms with Crippen LogP contribution in [0.5, 0.6) is 0 Å². The van der Waals surface area contributed by atoms with Crippen LogP contribution >= 0.6 is 24.0 Å². The molecule has 1 nitrogen and oxygen atoms in total. The Morgan fingerprint density at radius 1 is 1.06 bits per heavy atom.